The third-order valence-corrected chi connectivity index (χ3v) is 4.68. The van der Waals surface area contributed by atoms with Gasteiger partial charge in [-0.25, -0.2) is 14.4 Å². The molecule has 0 aliphatic carbocycles. The molecular weight excluding hydrogens is 514 g/mol. The lowest BCUT2D eigenvalue weighted by Crippen LogP contribution is -2.41. The van der Waals surface area contributed by atoms with E-state index in [-0.39, 0.29) is 37.2 Å². The lowest BCUT2D eigenvalue weighted by Gasteiger charge is -2.21. The average Bonchev–Trinajstić information content (AvgIpc) is 2.79. The summed E-state index contributed by atoms with van der Waals surface area (Å²) in [6.45, 7) is 13.8. The molecule has 0 aromatic heterocycles. The summed E-state index contributed by atoms with van der Waals surface area (Å²) in [5, 5.41) is 2.96. The van der Waals surface area contributed by atoms with E-state index in [1.807, 2.05) is 6.92 Å². The summed E-state index contributed by atoms with van der Waals surface area (Å²) in [7, 11) is 1.24. The van der Waals surface area contributed by atoms with E-state index < -0.39 is 41.7 Å². The lowest BCUT2D eigenvalue weighted by molar-refractivity contribution is -0.143. The highest BCUT2D eigenvalue weighted by Gasteiger charge is 2.25. The fourth-order valence-electron chi connectivity index (χ4n) is 2.83. The quantitative estimate of drug-likeness (QED) is 0.171. The number of hydrogen-bond acceptors (Lipinski definition) is 12. The molecule has 0 aliphatic rings. The Balaban J connectivity index is 3.03. The fourth-order valence-corrected chi connectivity index (χ4v) is 2.83. The van der Waals surface area contributed by atoms with E-state index in [1.54, 1.807) is 54.5 Å². The van der Waals surface area contributed by atoms with E-state index in [0.29, 0.717) is 12.0 Å². The molecule has 1 rings (SSSR count). The van der Waals surface area contributed by atoms with Crippen molar-refractivity contribution in [3.63, 3.8) is 0 Å². The molecular formula is C27H41NO11. The van der Waals surface area contributed by atoms with Crippen LogP contribution in [0.3, 0.4) is 0 Å². The Morgan fingerprint density at radius 3 is 1.95 bits per heavy atom. The van der Waals surface area contributed by atoms with E-state index in [0.717, 1.165) is 0 Å². The van der Waals surface area contributed by atoms with Gasteiger partial charge in [-0.2, -0.15) is 0 Å². The summed E-state index contributed by atoms with van der Waals surface area (Å²) in [5.41, 5.74) is -1.11. The highest BCUT2D eigenvalue weighted by Crippen LogP contribution is 2.31. The minimum Gasteiger partial charge on any atom is -0.468 e. The van der Waals surface area contributed by atoms with Crippen LogP contribution < -0.4 is 14.8 Å². The standard InChI is InChI=1S/C27H41NO11/c1-10-17(2)35-23(30)34-14-13-28-19(22(29)33-9)15-18-11-12-20(36-24(31)38-26(3,4)5)21(16-18)37-25(32)39-27(6,7)8/h11-12,16-17,19,28H,10,13-15H2,1-9H3/t17?,19-/m0/s1. The summed E-state index contributed by atoms with van der Waals surface area (Å²) in [5.74, 6) is -0.775. The summed E-state index contributed by atoms with van der Waals surface area (Å²) in [4.78, 5) is 48.6. The van der Waals surface area contributed by atoms with Crippen molar-refractivity contribution in [2.45, 2.75) is 91.6 Å². The van der Waals surface area contributed by atoms with Crippen LogP contribution in [-0.2, 0) is 34.9 Å². The van der Waals surface area contributed by atoms with Gasteiger partial charge < -0.3 is 38.5 Å². The Bertz CT molecular complexity index is 979. The molecule has 0 radical (unpaired) electrons. The molecule has 1 unspecified atom stereocenters. The first-order chi connectivity index (χ1) is 18.0. The lowest BCUT2D eigenvalue weighted by atomic mass is 10.1. The molecule has 12 heteroatoms. The van der Waals surface area contributed by atoms with E-state index >= 15 is 0 Å². The SMILES string of the molecule is CCC(C)OC(=O)OCCN[C@@H](Cc1ccc(OC(=O)OC(C)(C)C)c(OC(=O)OC(C)(C)C)c1)C(=O)OC. The van der Waals surface area contributed by atoms with Crippen LogP contribution in [0.1, 0.15) is 67.4 Å². The minimum atomic E-state index is -1.02. The molecule has 12 nitrogen and oxygen atoms in total. The molecule has 0 heterocycles. The molecule has 2 atom stereocenters. The smallest absolute Gasteiger partial charge is 0.468 e. The topological polar surface area (TPSA) is 145 Å². The Morgan fingerprint density at radius 1 is 0.872 bits per heavy atom. The number of benzene rings is 1. The Hall–Kier alpha value is -3.54. The summed E-state index contributed by atoms with van der Waals surface area (Å²) in [6.07, 6.45) is -2.33. The van der Waals surface area contributed by atoms with Crippen LogP contribution in [0.5, 0.6) is 11.5 Å². The van der Waals surface area contributed by atoms with Crippen molar-refractivity contribution >= 4 is 24.4 Å². The molecule has 1 aromatic rings. The number of ether oxygens (including phenoxy) is 7. The zero-order valence-electron chi connectivity index (χ0n) is 24.2. The largest absolute Gasteiger partial charge is 0.514 e. The summed E-state index contributed by atoms with van der Waals surface area (Å²) < 4.78 is 35.9. The van der Waals surface area contributed by atoms with Gasteiger partial charge >= 0.3 is 24.4 Å². The fraction of sp³-hybridized carbons (Fsp3) is 0.630. The maximum Gasteiger partial charge on any atom is 0.514 e. The normalized spacial score (nSPS) is 12.9. The van der Waals surface area contributed by atoms with Crippen molar-refractivity contribution in [3.05, 3.63) is 23.8 Å². The molecule has 0 saturated heterocycles. The van der Waals surface area contributed by atoms with E-state index in [2.05, 4.69) is 5.32 Å². The van der Waals surface area contributed by atoms with Gasteiger partial charge in [0.2, 0.25) is 0 Å². The summed E-state index contributed by atoms with van der Waals surface area (Å²) in [6, 6.07) is 3.58. The number of esters is 1. The average molecular weight is 556 g/mol. The van der Waals surface area contributed by atoms with Gasteiger partial charge in [-0.1, -0.05) is 13.0 Å². The van der Waals surface area contributed by atoms with Gasteiger partial charge in [0, 0.05) is 6.54 Å². The van der Waals surface area contributed by atoms with Crippen molar-refractivity contribution < 1.29 is 52.3 Å². The predicted molar refractivity (Wildman–Crippen MR) is 140 cm³/mol. The zero-order valence-corrected chi connectivity index (χ0v) is 24.2. The third-order valence-electron chi connectivity index (χ3n) is 4.68. The molecule has 0 fully saturated rings. The van der Waals surface area contributed by atoms with Crippen molar-refractivity contribution in [1.29, 1.82) is 0 Å². The van der Waals surface area contributed by atoms with Crippen molar-refractivity contribution in [2.24, 2.45) is 0 Å². The van der Waals surface area contributed by atoms with Gasteiger partial charge in [-0.3, -0.25) is 4.79 Å². The van der Waals surface area contributed by atoms with Gasteiger partial charge in [0.25, 0.3) is 0 Å². The van der Waals surface area contributed by atoms with Crippen LogP contribution in [0.15, 0.2) is 18.2 Å². The van der Waals surface area contributed by atoms with E-state index in [4.69, 9.17) is 33.2 Å². The van der Waals surface area contributed by atoms with Crippen LogP contribution in [0.2, 0.25) is 0 Å². The van der Waals surface area contributed by atoms with Crippen molar-refractivity contribution in [2.75, 3.05) is 20.3 Å². The number of carbonyl (C=O) groups is 4. The van der Waals surface area contributed by atoms with E-state index in [1.165, 1.54) is 19.2 Å². The number of nitrogens with one attached hydrogen (secondary N) is 1. The number of carbonyl (C=O) groups excluding carboxylic acids is 4. The highest BCUT2D eigenvalue weighted by atomic mass is 16.8. The molecule has 0 saturated carbocycles. The Morgan fingerprint density at radius 2 is 1.44 bits per heavy atom. The van der Waals surface area contributed by atoms with Gasteiger partial charge in [0.05, 0.1) is 7.11 Å². The van der Waals surface area contributed by atoms with Crippen LogP contribution in [0.25, 0.3) is 0 Å². The van der Waals surface area contributed by atoms with Gasteiger partial charge in [0.1, 0.15) is 30.0 Å². The van der Waals surface area contributed by atoms with Crippen LogP contribution in [0, 0.1) is 0 Å². The number of methoxy groups -OCH3 is 1. The van der Waals surface area contributed by atoms with Gasteiger partial charge in [0.15, 0.2) is 11.5 Å². The predicted octanol–water partition coefficient (Wildman–Crippen LogP) is 4.94. The summed E-state index contributed by atoms with van der Waals surface area (Å²) >= 11 is 0. The van der Waals surface area contributed by atoms with Crippen LogP contribution >= 0.6 is 0 Å². The first kappa shape index (κ1) is 33.5. The van der Waals surface area contributed by atoms with Crippen molar-refractivity contribution in [3.8, 4) is 11.5 Å². The molecule has 1 N–H and O–H groups in total. The van der Waals surface area contributed by atoms with Gasteiger partial charge in [-0.15, -0.1) is 0 Å². The molecule has 0 amide bonds. The second-order valence-electron chi connectivity index (χ2n) is 10.6. The molecule has 1 aromatic carbocycles. The zero-order chi connectivity index (χ0) is 29.8. The molecule has 0 spiro atoms. The molecule has 39 heavy (non-hydrogen) atoms. The number of rotatable bonds is 11. The third kappa shape index (κ3) is 14.3. The highest BCUT2D eigenvalue weighted by molar-refractivity contribution is 5.76. The van der Waals surface area contributed by atoms with Crippen molar-refractivity contribution in [1.82, 2.24) is 5.32 Å². The monoisotopic (exact) mass is 555 g/mol. The maximum atomic E-state index is 12.4. The minimum absolute atomic E-state index is 0.0432. The van der Waals surface area contributed by atoms with Crippen LogP contribution in [0.4, 0.5) is 14.4 Å². The molecule has 220 valence electrons. The van der Waals surface area contributed by atoms with Crippen LogP contribution in [-0.4, -0.2) is 68.0 Å². The first-order valence-electron chi connectivity index (χ1n) is 12.6. The molecule has 0 aliphatic heterocycles. The van der Waals surface area contributed by atoms with Gasteiger partial charge in [-0.05, 0) is 79.0 Å². The second kappa shape index (κ2) is 15.2. The Labute approximate surface area is 229 Å². The maximum absolute atomic E-state index is 12.4. The number of hydrogen-bond donors (Lipinski definition) is 1. The second-order valence-corrected chi connectivity index (χ2v) is 10.6. The molecule has 0 bridgehead atoms. The Kier molecular flexibility index (Phi) is 13.0. The first-order valence-corrected chi connectivity index (χ1v) is 12.6. The van der Waals surface area contributed by atoms with E-state index in [9.17, 15) is 19.2 Å².